The Morgan fingerprint density at radius 2 is 1.80 bits per heavy atom. The monoisotopic (exact) mass is 485 g/mol. The molecule has 176 valence electrons. The molecule has 5 aromatic rings. The summed E-state index contributed by atoms with van der Waals surface area (Å²) >= 11 is 1.26. The highest BCUT2D eigenvalue weighted by molar-refractivity contribution is 7.16. The average Bonchev–Trinajstić information content (AvgIpc) is 3.64. The zero-order valence-electron chi connectivity index (χ0n) is 18.9. The van der Waals surface area contributed by atoms with Crippen LogP contribution in [0.3, 0.4) is 0 Å². The van der Waals surface area contributed by atoms with E-state index < -0.39 is 0 Å². The van der Waals surface area contributed by atoms with Crippen molar-refractivity contribution in [2.75, 3.05) is 13.1 Å². The summed E-state index contributed by atoms with van der Waals surface area (Å²) < 4.78 is 10.4. The van der Waals surface area contributed by atoms with Crippen molar-refractivity contribution in [1.82, 2.24) is 24.0 Å². The van der Waals surface area contributed by atoms with E-state index in [-0.39, 0.29) is 16.7 Å². The maximum absolute atomic E-state index is 13.2. The van der Waals surface area contributed by atoms with Crippen molar-refractivity contribution in [3.8, 4) is 11.3 Å². The highest BCUT2D eigenvalue weighted by Gasteiger charge is 2.30. The molecule has 3 aromatic heterocycles. The molecule has 0 spiro atoms. The fraction of sp³-hybridized carbons (Fsp3) is 0.231. The molecule has 4 heterocycles. The fourth-order valence-electron chi connectivity index (χ4n) is 4.78. The third-order valence-electron chi connectivity index (χ3n) is 6.57. The zero-order chi connectivity index (χ0) is 23.8. The Labute approximate surface area is 205 Å². The molecule has 0 N–H and O–H groups in total. The molecule has 0 radical (unpaired) electrons. The van der Waals surface area contributed by atoms with E-state index in [0.29, 0.717) is 31.2 Å². The molecule has 2 aromatic carbocycles. The van der Waals surface area contributed by atoms with Gasteiger partial charge in [0.2, 0.25) is 0 Å². The topological polar surface area (TPSA) is 86.2 Å². The molecule has 1 aliphatic heterocycles. The van der Waals surface area contributed by atoms with Crippen LogP contribution >= 0.6 is 11.3 Å². The van der Waals surface area contributed by atoms with Gasteiger partial charge in [0, 0.05) is 37.0 Å². The molecule has 6 rings (SSSR count). The summed E-state index contributed by atoms with van der Waals surface area (Å²) in [6.45, 7) is 1.65. The van der Waals surface area contributed by atoms with E-state index >= 15 is 0 Å². The van der Waals surface area contributed by atoms with Crippen LogP contribution in [0, 0.1) is 0 Å². The average molecular weight is 486 g/mol. The number of carbonyl (C=O) groups excluding carboxylic acids is 1. The molecule has 1 fully saturated rings. The number of aromatic nitrogens is 4. The summed E-state index contributed by atoms with van der Waals surface area (Å²) in [5.41, 5.74) is 2.12. The molecule has 1 aliphatic rings. The van der Waals surface area contributed by atoms with Gasteiger partial charge in [-0.3, -0.25) is 14.2 Å². The number of hydrogen-bond donors (Lipinski definition) is 0. The van der Waals surface area contributed by atoms with E-state index in [1.807, 2.05) is 70.3 Å². The van der Waals surface area contributed by atoms with Gasteiger partial charge in [0.15, 0.2) is 17.8 Å². The van der Waals surface area contributed by atoms with Crippen LogP contribution in [0.2, 0.25) is 0 Å². The van der Waals surface area contributed by atoms with Gasteiger partial charge in [-0.2, -0.15) is 0 Å². The van der Waals surface area contributed by atoms with Crippen molar-refractivity contribution in [2.24, 2.45) is 0 Å². The highest BCUT2D eigenvalue weighted by Crippen LogP contribution is 2.30. The van der Waals surface area contributed by atoms with Crippen LogP contribution in [0.25, 0.3) is 21.5 Å². The molecule has 1 amide bonds. The van der Waals surface area contributed by atoms with Crippen LogP contribution in [0.1, 0.15) is 35.1 Å². The van der Waals surface area contributed by atoms with Crippen LogP contribution in [0.4, 0.5) is 0 Å². The molecular weight excluding hydrogens is 462 g/mol. The Kier molecular flexibility index (Phi) is 5.54. The van der Waals surface area contributed by atoms with Gasteiger partial charge in [0.25, 0.3) is 5.91 Å². The summed E-state index contributed by atoms with van der Waals surface area (Å²) in [4.78, 5) is 36.5. The van der Waals surface area contributed by atoms with Crippen molar-refractivity contribution >= 4 is 27.5 Å². The predicted octanol–water partition coefficient (Wildman–Crippen LogP) is 4.44. The van der Waals surface area contributed by atoms with Gasteiger partial charge in [-0.05, 0) is 25.0 Å². The maximum atomic E-state index is 13.2. The Hall–Kier alpha value is -3.98. The summed E-state index contributed by atoms with van der Waals surface area (Å²) in [6, 6.07) is 17.4. The molecule has 9 heteroatoms. The molecule has 0 atom stereocenters. The Balaban J connectivity index is 1.17. The first-order valence-electron chi connectivity index (χ1n) is 11.6. The van der Waals surface area contributed by atoms with E-state index in [2.05, 4.69) is 9.97 Å². The number of imidazole rings is 1. The number of thiazole rings is 1. The minimum absolute atomic E-state index is 0.0214. The molecule has 0 saturated carbocycles. The summed E-state index contributed by atoms with van der Waals surface area (Å²) in [5, 5.41) is 0. The quantitative estimate of drug-likeness (QED) is 0.367. The number of carbonyl (C=O) groups is 1. The number of rotatable bonds is 5. The van der Waals surface area contributed by atoms with Crippen LogP contribution in [-0.2, 0) is 6.67 Å². The predicted molar refractivity (Wildman–Crippen MR) is 134 cm³/mol. The second-order valence-corrected chi connectivity index (χ2v) is 9.62. The van der Waals surface area contributed by atoms with Crippen molar-refractivity contribution < 1.29 is 9.21 Å². The molecular formula is C26H23N5O3S. The molecule has 0 unspecified atom stereocenters. The lowest BCUT2D eigenvalue weighted by Gasteiger charge is -2.31. The molecule has 0 bridgehead atoms. The van der Waals surface area contributed by atoms with Crippen molar-refractivity contribution in [3.05, 3.63) is 94.6 Å². The van der Waals surface area contributed by atoms with Gasteiger partial charge in [-0.25, -0.2) is 9.97 Å². The molecule has 1 saturated heterocycles. The lowest BCUT2D eigenvalue weighted by atomic mass is 9.95. The van der Waals surface area contributed by atoms with Crippen molar-refractivity contribution in [1.29, 1.82) is 0 Å². The summed E-state index contributed by atoms with van der Waals surface area (Å²) in [5.74, 6) is 1.55. The minimum Gasteiger partial charge on any atom is -0.443 e. The lowest BCUT2D eigenvalue weighted by Crippen LogP contribution is -2.38. The number of para-hydroxylation sites is 1. The number of hydrogen-bond acceptors (Lipinski definition) is 6. The van der Waals surface area contributed by atoms with E-state index in [9.17, 15) is 9.59 Å². The van der Waals surface area contributed by atoms with Crippen molar-refractivity contribution in [2.45, 2.75) is 25.4 Å². The third-order valence-corrected chi connectivity index (χ3v) is 7.53. The number of nitrogens with zero attached hydrogens (tertiary/aromatic N) is 5. The standard InChI is InChI=1S/C26H23N5O3S/c32-25(22-23(34-16-28-22)18-6-2-1-3-7-18)29-13-10-19(11-14-29)24-27-12-15-30(24)17-31-20-8-4-5-9-21(20)35-26(31)33/h1-9,12,15-16,19H,10-11,13-14,17H2. The van der Waals surface area contributed by atoms with E-state index in [1.165, 1.54) is 17.7 Å². The Morgan fingerprint density at radius 3 is 2.63 bits per heavy atom. The Bertz CT molecular complexity index is 1540. The first kappa shape index (κ1) is 21.5. The minimum atomic E-state index is -0.115. The smallest absolute Gasteiger partial charge is 0.309 e. The molecule has 35 heavy (non-hydrogen) atoms. The van der Waals surface area contributed by atoms with Gasteiger partial charge in [0.1, 0.15) is 12.5 Å². The number of fused-ring (bicyclic) bond motifs is 1. The van der Waals surface area contributed by atoms with Crippen LogP contribution < -0.4 is 4.87 Å². The fourth-order valence-corrected chi connectivity index (χ4v) is 5.67. The first-order valence-corrected chi connectivity index (χ1v) is 12.4. The largest absolute Gasteiger partial charge is 0.443 e. The number of likely N-dealkylation sites (tertiary alicyclic amines) is 1. The summed E-state index contributed by atoms with van der Waals surface area (Å²) in [7, 11) is 0. The maximum Gasteiger partial charge on any atom is 0.309 e. The van der Waals surface area contributed by atoms with Gasteiger partial charge in [-0.1, -0.05) is 53.8 Å². The van der Waals surface area contributed by atoms with Gasteiger partial charge in [0.05, 0.1) is 10.2 Å². The van der Waals surface area contributed by atoms with Crippen molar-refractivity contribution in [3.63, 3.8) is 0 Å². The zero-order valence-corrected chi connectivity index (χ0v) is 19.7. The highest BCUT2D eigenvalue weighted by atomic mass is 32.1. The van der Waals surface area contributed by atoms with Gasteiger partial charge in [-0.15, -0.1) is 0 Å². The number of piperidine rings is 1. The third kappa shape index (κ3) is 3.97. The van der Waals surface area contributed by atoms with Gasteiger partial charge >= 0.3 is 4.87 Å². The van der Waals surface area contributed by atoms with Crippen LogP contribution in [0.5, 0.6) is 0 Å². The van der Waals surface area contributed by atoms with Gasteiger partial charge < -0.3 is 13.9 Å². The van der Waals surface area contributed by atoms with Crippen LogP contribution in [0.15, 0.2) is 82.6 Å². The summed E-state index contributed by atoms with van der Waals surface area (Å²) in [6.07, 6.45) is 6.62. The molecule has 8 nitrogen and oxygen atoms in total. The van der Waals surface area contributed by atoms with E-state index in [1.54, 1.807) is 10.8 Å². The SMILES string of the molecule is O=C(c1ncoc1-c1ccccc1)N1CCC(c2nccn2Cn2c(=O)sc3ccccc32)CC1. The number of amides is 1. The normalized spacial score (nSPS) is 14.6. The number of benzene rings is 2. The van der Waals surface area contributed by atoms with Crippen LogP contribution in [-0.4, -0.2) is 43.0 Å². The van der Waals surface area contributed by atoms with E-state index in [4.69, 9.17) is 4.42 Å². The first-order chi connectivity index (χ1) is 17.2. The Morgan fingerprint density at radius 1 is 1.03 bits per heavy atom. The second kappa shape index (κ2) is 8.99. The van der Waals surface area contributed by atoms with E-state index in [0.717, 1.165) is 34.4 Å². The number of oxazole rings is 1. The second-order valence-electron chi connectivity index (χ2n) is 8.62. The lowest BCUT2D eigenvalue weighted by molar-refractivity contribution is 0.0705. The molecule has 0 aliphatic carbocycles.